The first-order chi connectivity index (χ1) is 10.8. The lowest BCUT2D eigenvalue weighted by Gasteiger charge is -2.63. The molecule has 0 aliphatic heterocycles. The summed E-state index contributed by atoms with van der Waals surface area (Å²) in [6.07, 6.45) is 4.79. The fourth-order valence-electron chi connectivity index (χ4n) is 6.62. The van der Waals surface area contributed by atoms with Crippen molar-refractivity contribution in [1.29, 1.82) is 0 Å². The van der Waals surface area contributed by atoms with Crippen LogP contribution >= 0.6 is 0 Å². The van der Waals surface area contributed by atoms with Crippen LogP contribution < -0.4 is 0 Å². The van der Waals surface area contributed by atoms with Crippen molar-refractivity contribution in [3.63, 3.8) is 0 Å². The van der Waals surface area contributed by atoms with E-state index >= 15 is 0 Å². The molecule has 9 atom stereocenters. The molecule has 0 saturated heterocycles. The molecule has 0 radical (unpaired) electrons. The van der Waals surface area contributed by atoms with E-state index in [-0.39, 0.29) is 30.3 Å². The zero-order valence-corrected chi connectivity index (χ0v) is 15.3. The zero-order chi connectivity index (χ0) is 16.9. The molecule has 3 aliphatic rings. The summed E-state index contributed by atoms with van der Waals surface area (Å²) in [5.41, 5.74) is -0.752. The van der Waals surface area contributed by atoms with Gasteiger partial charge in [0.2, 0.25) is 0 Å². The Morgan fingerprint density at radius 1 is 1.09 bits per heavy atom. The number of hydrogen-bond donors (Lipinski definition) is 3. The zero-order valence-electron chi connectivity index (χ0n) is 15.3. The average molecular weight is 325 g/mol. The van der Waals surface area contributed by atoms with Crippen LogP contribution in [0.15, 0.2) is 0 Å². The van der Waals surface area contributed by atoms with Crippen molar-refractivity contribution < 1.29 is 15.3 Å². The minimum absolute atomic E-state index is 0.0462. The number of aliphatic hydroxyl groups excluding tert-OH is 2. The first-order valence-corrected chi connectivity index (χ1v) is 9.83. The molecule has 23 heavy (non-hydrogen) atoms. The fourth-order valence-corrected chi connectivity index (χ4v) is 6.62. The number of rotatable bonds is 2. The van der Waals surface area contributed by atoms with Crippen LogP contribution in [-0.4, -0.2) is 33.6 Å². The summed E-state index contributed by atoms with van der Waals surface area (Å²) >= 11 is 0. The summed E-state index contributed by atoms with van der Waals surface area (Å²) in [4.78, 5) is 0. The highest BCUT2D eigenvalue weighted by atomic mass is 16.3. The van der Waals surface area contributed by atoms with Gasteiger partial charge in [-0.2, -0.15) is 0 Å². The largest absolute Gasteiger partial charge is 0.396 e. The molecular weight excluding hydrogens is 288 g/mol. The lowest BCUT2D eigenvalue weighted by Crippen LogP contribution is -2.67. The van der Waals surface area contributed by atoms with Crippen LogP contribution in [0.2, 0.25) is 0 Å². The highest BCUT2D eigenvalue weighted by Gasteiger charge is 2.62. The molecule has 3 N–H and O–H groups in total. The van der Waals surface area contributed by atoms with E-state index in [1.54, 1.807) is 0 Å². The van der Waals surface area contributed by atoms with Crippen LogP contribution in [0.25, 0.3) is 0 Å². The number of hydrogen-bond acceptors (Lipinski definition) is 3. The van der Waals surface area contributed by atoms with Gasteiger partial charge in [-0.3, -0.25) is 0 Å². The maximum atomic E-state index is 11.9. The van der Waals surface area contributed by atoms with E-state index in [9.17, 15) is 15.3 Å². The second-order valence-electron chi connectivity index (χ2n) is 9.29. The molecule has 0 unspecified atom stereocenters. The fraction of sp³-hybridized carbons (Fsp3) is 1.00. The third kappa shape index (κ3) is 2.58. The molecular formula is C20H36O3. The Morgan fingerprint density at radius 2 is 1.78 bits per heavy atom. The van der Waals surface area contributed by atoms with Gasteiger partial charge in [-0.25, -0.2) is 0 Å². The molecule has 4 bridgehead atoms. The Morgan fingerprint density at radius 3 is 2.39 bits per heavy atom. The predicted molar refractivity (Wildman–Crippen MR) is 91.7 cm³/mol. The molecule has 3 rings (SSSR count). The lowest BCUT2D eigenvalue weighted by molar-refractivity contribution is -0.250. The second kappa shape index (κ2) is 6.31. The molecule has 3 aliphatic carbocycles. The summed E-state index contributed by atoms with van der Waals surface area (Å²) in [5, 5.41) is 32.8. The summed E-state index contributed by atoms with van der Waals surface area (Å²) in [6, 6.07) is 0. The Balaban J connectivity index is 2.10. The molecule has 0 aromatic carbocycles. The average Bonchev–Trinajstić information content (AvgIpc) is 2.50. The second-order valence-corrected chi connectivity index (χ2v) is 9.29. The molecule has 134 valence electrons. The standard InChI is InChI=1S/C20H36O3/c1-11(2)15-7-5-12(3)16-8-6-13(4)20(23)17(15)9-14(10-21)19(22)18(16)20/h11-19,21-23H,5-10H2,1-4H3/t12-,13+,14+,15-,16+,17+,18+,19-,20+/m1/s1. The van der Waals surface area contributed by atoms with E-state index in [1.165, 1.54) is 12.8 Å². The quantitative estimate of drug-likeness (QED) is 0.731. The maximum Gasteiger partial charge on any atom is 0.0759 e. The maximum absolute atomic E-state index is 11.9. The smallest absolute Gasteiger partial charge is 0.0759 e. The normalized spacial score (nSPS) is 53.7. The Bertz CT molecular complexity index is 423. The third-order valence-corrected chi connectivity index (χ3v) is 8.01. The Labute approximate surface area is 141 Å². The van der Waals surface area contributed by atoms with Crippen molar-refractivity contribution in [2.45, 2.75) is 71.5 Å². The van der Waals surface area contributed by atoms with Crippen LogP contribution in [0.5, 0.6) is 0 Å². The van der Waals surface area contributed by atoms with Crippen LogP contribution in [0.1, 0.15) is 59.8 Å². The highest BCUT2D eigenvalue weighted by Crippen LogP contribution is 2.60. The van der Waals surface area contributed by atoms with Crippen molar-refractivity contribution in [2.24, 2.45) is 47.3 Å². The van der Waals surface area contributed by atoms with Gasteiger partial charge in [0.15, 0.2) is 0 Å². The van der Waals surface area contributed by atoms with Crippen molar-refractivity contribution in [3.05, 3.63) is 0 Å². The predicted octanol–water partition coefficient (Wildman–Crippen LogP) is 3.07. The summed E-state index contributed by atoms with van der Waals surface area (Å²) in [6.45, 7) is 9.10. The van der Waals surface area contributed by atoms with Gasteiger partial charge in [-0.15, -0.1) is 0 Å². The molecule has 0 spiro atoms. The Kier molecular flexibility index (Phi) is 4.85. The van der Waals surface area contributed by atoms with E-state index < -0.39 is 11.7 Å². The molecule has 0 amide bonds. The first-order valence-electron chi connectivity index (χ1n) is 9.83. The van der Waals surface area contributed by atoms with Crippen LogP contribution in [-0.2, 0) is 0 Å². The molecule has 3 nitrogen and oxygen atoms in total. The van der Waals surface area contributed by atoms with E-state index in [2.05, 4.69) is 27.7 Å². The monoisotopic (exact) mass is 324 g/mol. The highest BCUT2D eigenvalue weighted by molar-refractivity contribution is 5.12. The lowest BCUT2D eigenvalue weighted by atomic mass is 9.46. The van der Waals surface area contributed by atoms with Gasteiger partial charge in [0.25, 0.3) is 0 Å². The van der Waals surface area contributed by atoms with Crippen LogP contribution in [0, 0.1) is 47.3 Å². The Hall–Kier alpha value is -0.120. The van der Waals surface area contributed by atoms with Gasteiger partial charge in [-0.1, -0.05) is 34.1 Å². The molecule has 3 saturated carbocycles. The van der Waals surface area contributed by atoms with Crippen LogP contribution in [0.4, 0.5) is 0 Å². The summed E-state index contributed by atoms with van der Waals surface area (Å²) in [7, 11) is 0. The van der Waals surface area contributed by atoms with Crippen molar-refractivity contribution >= 4 is 0 Å². The van der Waals surface area contributed by atoms with Gasteiger partial charge < -0.3 is 15.3 Å². The summed E-state index contributed by atoms with van der Waals surface area (Å²) in [5.74, 6) is 2.32. The molecule has 0 aromatic rings. The molecule has 3 heteroatoms. The van der Waals surface area contributed by atoms with Gasteiger partial charge in [0.1, 0.15) is 0 Å². The van der Waals surface area contributed by atoms with Crippen molar-refractivity contribution in [1.82, 2.24) is 0 Å². The first kappa shape index (κ1) is 17.7. The van der Waals surface area contributed by atoms with Gasteiger partial charge in [0, 0.05) is 18.4 Å². The summed E-state index contributed by atoms with van der Waals surface area (Å²) < 4.78 is 0. The third-order valence-electron chi connectivity index (χ3n) is 8.01. The van der Waals surface area contributed by atoms with Crippen molar-refractivity contribution in [3.8, 4) is 0 Å². The van der Waals surface area contributed by atoms with Gasteiger partial charge in [0.05, 0.1) is 11.7 Å². The van der Waals surface area contributed by atoms with E-state index in [0.717, 1.165) is 19.3 Å². The van der Waals surface area contributed by atoms with Gasteiger partial charge in [-0.05, 0) is 61.2 Å². The SMILES string of the molecule is CC(C)[C@H]1CC[C@@H](C)[C@@H]2CC[C@H](C)[C@@]3(O)[C@@H]2[C@H](O)[C@H](CO)C[C@@H]13. The number of aliphatic hydroxyl groups is 3. The minimum Gasteiger partial charge on any atom is -0.396 e. The van der Waals surface area contributed by atoms with Crippen molar-refractivity contribution in [2.75, 3.05) is 6.61 Å². The topological polar surface area (TPSA) is 60.7 Å². The molecule has 0 aromatic heterocycles. The van der Waals surface area contributed by atoms with Gasteiger partial charge >= 0.3 is 0 Å². The minimum atomic E-state index is -0.752. The van der Waals surface area contributed by atoms with E-state index in [1.807, 2.05) is 0 Å². The molecule has 0 heterocycles. The van der Waals surface area contributed by atoms with Crippen LogP contribution in [0.3, 0.4) is 0 Å². The van der Waals surface area contributed by atoms with E-state index in [0.29, 0.717) is 23.7 Å². The van der Waals surface area contributed by atoms with E-state index in [4.69, 9.17) is 0 Å². The molecule has 3 fully saturated rings.